The third-order valence-corrected chi connectivity index (χ3v) is 4.48. The maximum atomic E-state index is 9.76. The minimum atomic E-state index is -0.273. The molecular formula is C16H26N2O3. The van der Waals surface area contributed by atoms with Crippen molar-refractivity contribution in [3.63, 3.8) is 0 Å². The van der Waals surface area contributed by atoms with Gasteiger partial charge in [0.1, 0.15) is 5.82 Å². The molecule has 0 aromatic carbocycles. The van der Waals surface area contributed by atoms with Gasteiger partial charge in [0.2, 0.25) is 5.75 Å². The molecule has 1 heterocycles. The molecule has 0 radical (unpaired) electrons. The summed E-state index contributed by atoms with van der Waals surface area (Å²) in [5, 5.41) is 19.5. The molecule has 5 nitrogen and oxygen atoms in total. The molecule has 0 atom stereocenters. The Balaban J connectivity index is 1.93. The molecule has 21 heavy (non-hydrogen) atoms. The Morgan fingerprint density at radius 3 is 2.19 bits per heavy atom. The maximum absolute atomic E-state index is 9.76. The van der Waals surface area contributed by atoms with E-state index in [2.05, 4.69) is 16.9 Å². The summed E-state index contributed by atoms with van der Waals surface area (Å²) in [6.45, 7) is 2.23. The number of aromatic nitrogens is 2. The predicted octanol–water partition coefficient (Wildman–Crippen LogP) is 3.75. The fraction of sp³-hybridized carbons (Fsp3) is 0.750. The van der Waals surface area contributed by atoms with Crippen LogP contribution >= 0.6 is 0 Å². The van der Waals surface area contributed by atoms with E-state index in [4.69, 9.17) is 4.74 Å². The number of rotatable bonds is 6. The van der Waals surface area contributed by atoms with Gasteiger partial charge in [0, 0.05) is 5.92 Å². The number of hydrogen-bond donors (Lipinski definition) is 2. The van der Waals surface area contributed by atoms with Crippen LogP contribution in [0.2, 0.25) is 0 Å². The molecule has 1 aromatic rings. The van der Waals surface area contributed by atoms with Crippen LogP contribution in [0.5, 0.6) is 17.5 Å². The van der Waals surface area contributed by atoms with Crippen molar-refractivity contribution >= 4 is 0 Å². The Hall–Kier alpha value is -1.52. The average Bonchev–Trinajstić information content (AvgIpc) is 2.48. The summed E-state index contributed by atoms with van der Waals surface area (Å²) in [5.74, 6) is 0.989. The molecule has 1 aliphatic carbocycles. The van der Waals surface area contributed by atoms with Crippen LogP contribution in [0, 0.1) is 5.92 Å². The quantitative estimate of drug-likeness (QED) is 0.781. The van der Waals surface area contributed by atoms with Gasteiger partial charge in [0.15, 0.2) is 0 Å². The van der Waals surface area contributed by atoms with Crippen LogP contribution < -0.4 is 4.74 Å². The topological polar surface area (TPSA) is 75.5 Å². The van der Waals surface area contributed by atoms with Crippen LogP contribution in [0.4, 0.5) is 0 Å². The van der Waals surface area contributed by atoms with E-state index >= 15 is 0 Å². The summed E-state index contributed by atoms with van der Waals surface area (Å²) < 4.78 is 4.87. The second-order valence-corrected chi connectivity index (χ2v) is 5.98. The molecule has 118 valence electrons. The van der Waals surface area contributed by atoms with Crippen molar-refractivity contribution in [1.29, 1.82) is 0 Å². The van der Waals surface area contributed by atoms with Crippen molar-refractivity contribution in [3.8, 4) is 17.5 Å². The second-order valence-electron chi connectivity index (χ2n) is 5.98. The van der Waals surface area contributed by atoms with E-state index in [1.807, 2.05) is 0 Å². The standard InChI is InChI=1S/C16H26N2O3/c1-3-4-5-6-11-7-9-12(10-8-11)14-17-15(19)13(21-2)16(20)18-14/h11-12H,3-10H2,1-2H3,(H2,17,18,19,20)/t11-,12-. The van der Waals surface area contributed by atoms with Crippen LogP contribution in [0.15, 0.2) is 0 Å². The van der Waals surface area contributed by atoms with Gasteiger partial charge < -0.3 is 14.9 Å². The van der Waals surface area contributed by atoms with Crippen molar-refractivity contribution < 1.29 is 14.9 Å². The molecule has 0 unspecified atom stereocenters. The van der Waals surface area contributed by atoms with E-state index in [1.54, 1.807) is 0 Å². The van der Waals surface area contributed by atoms with Gasteiger partial charge in [0.05, 0.1) is 7.11 Å². The molecule has 2 rings (SSSR count). The Morgan fingerprint density at radius 1 is 1.05 bits per heavy atom. The Morgan fingerprint density at radius 2 is 1.67 bits per heavy atom. The van der Waals surface area contributed by atoms with Crippen molar-refractivity contribution in [2.24, 2.45) is 5.92 Å². The summed E-state index contributed by atoms with van der Waals surface area (Å²) in [4.78, 5) is 8.18. The number of aromatic hydroxyl groups is 2. The van der Waals surface area contributed by atoms with Crippen molar-refractivity contribution in [2.45, 2.75) is 64.2 Å². The zero-order chi connectivity index (χ0) is 15.2. The molecular weight excluding hydrogens is 268 g/mol. The maximum Gasteiger partial charge on any atom is 0.262 e. The molecule has 5 heteroatoms. The SMILES string of the molecule is CCCCC[C@H]1CC[C@H](c2nc(O)c(OC)c(O)n2)CC1. The summed E-state index contributed by atoms with van der Waals surface area (Å²) >= 11 is 0. The number of nitrogens with zero attached hydrogens (tertiary/aromatic N) is 2. The first-order chi connectivity index (χ1) is 10.2. The molecule has 2 N–H and O–H groups in total. The fourth-order valence-electron chi connectivity index (χ4n) is 3.20. The van der Waals surface area contributed by atoms with Crippen molar-refractivity contribution in [1.82, 2.24) is 9.97 Å². The molecule has 0 saturated heterocycles. The van der Waals surface area contributed by atoms with Crippen LogP contribution in [0.1, 0.15) is 70.0 Å². The third kappa shape index (κ3) is 3.99. The first-order valence-corrected chi connectivity index (χ1v) is 7.99. The Bertz CT molecular complexity index is 434. The highest BCUT2D eigenvalue weighted by Gasteiger charge is 2.26. The molecule has 0 bridgehead atoms. The van der Waals surface area contributed by atoms with E-state index in [-0.39, 0.29) is 23.4 Å². The lowest BCUT2D eigenvalue weighted by molar-refractivity contribution is 0.287. The highest BCUT2D eigenvalue weighted by Crippen LogP contribution is 2.39. The van der Waals surface area contributed by atoms with Gasteiger partial charge >= 0.3 is 0 Å². The zero-order valence-corrected chi connectivity index (χ0v) is 13.0. The zero-order valence-electron chi connectivity index (χ0n) is 13.0. The molecule has 0 amide bonds. The van der Waals surface area contributed by atoms with E-state index in [0.717, 1.165) is 18.8 Å². The first kappa shape index (κ1) is 15.9. The predicted molar refractivity (Wildman–Crippen MR) is 80.8 cm³/mol. The molecule has 1 aliphatic rings. The Kier molecular flexibility index (Phi) is 5.65. The van der Waals surface area contributed by atoms with Crippen LogP contribution in [0.3, 0.4) is 0 Å². The smallest absolute Gasteiger partial charge is 0.262 e. The lowest BCUT2D eigenvalue weighted by Crippen LogP contribution is -2.15. The average molecular weight is 294 g/mol. The van der Waals surface area contributed by atoms with Gasteiger partial charge in [0.25, 0.3) is 11.8 Å². The van der Waals surface area contributed by atoms with Crippen LogP contribution in [-0.2, 0) is 0 Å². The van der Waals surface area contributed by atoms with E-state index < -0.39 is 0 Å². The summed E-state index contributed by atoms with van der Waals surface area (Å²) in [6.07, 6.45) is 9.67. The van der Waals surface area contributed by atoms with Gasteiger partial charge in [-0.3, -0.25) is 0 Å². The van der Waals surface area contributed by atoms with Crippen LogP contribution in [0.25, 0.3) is 0 Å². The molecule has 1 fully saturated rings. The first-order valence-electron chi connectivity index (χ1n) is 7.99. The largest absolute Gasteiger partial charge is 0.490 e. The van der Waals surface area contributed by atoms with E-state index in [0.29, 0.717) is 5.82 Å². The molecule has 1 saturated carbocycles. The minimum absolute atomic E-state index is 0.0491. The third-order valence-electron chi connectivity index (χ3n) is 4.48. The van der Waals surface area contributed by atoms with E-state index in [1.165, 1.54) is 45.6 Å². The monoisotopic (exact) mass is 294 g/mol. The summed E-state index contributed by atoms with van der Waals surface area (Å²) in [7, 11) is 1.37. The highest BCUT2D eigenvalue weighted by atomic mass is 16.5. The van der Waals surface area contributed by atoms with Gasteiger partial charge in [-0.2, -0.15) is 9.97 Å². The molecule has 1 aromatic heterocycles. The van der Waals surface area contributed by atoms with Gasteiger partial charge in [-0.05, 0) is 31.6 Å². The van der Waals surface area contributed by atoms with Gasteiger partial charge in [-0.1, -0.05) is 32.6 Å². The number of methoxy groups -OCH3 is 1. The minimum Gasteiger partial charge on any atom is -0.490 e. The molecule has 0 spiro atoms. The number of ether oxygens (including phenoxy) is 1. The highest BCUT2D eigenvalue weighted by molar-refractivity contribution is 5.41. The Labute approximate surface area is 126 Å². The van der Waals surface area contributed by atoms with Crippen molar-refractivity contribution in [3.05, 3.63) is 5.82 Å². The lowest BCUT2D eigenvalue weighted by Gasteiger charge is -2.27. The summed E-state index contributed by atoms with van der Waals surface area (Å²) in [5.41, 5.74) is 0. The number of hydrogen-bond acceptors (Lipinski definition) is 5. The fourth-order valence-corrected chi connectivity index (χ4v) is 3.20. The van der Waals surface area contributed by atoms with Gasteiger partial charge in [-0.25, -0.2) is 0 Å². The normalized spacial score (nSPS) is 22.2. The summed E-state index contributed by atoms with van der Waals surface area (Å²) in [6, 6.07) is 0. The van der Waals surface area contributed by atoms with Gasteiger partial charge in [-0.15, -0.1) is 0 Å². The van der Waals surface area contributed by atoms with E-state index in [9.17, 15) is 10.2 Å². The lowest BCUT2D eigenvalue weighted by atomic mass is 9.79. The second kappa shape index (κ2) is 7.48. The number of unbranched alkanes of at least 4 members (excludes halogenated alkanes) is 2. The molecule has 0 aliphatic heterocycles. The van der Waals surface area contributed by atoms with Crippen LogP contribution in [-0.4, -0.2) is 27.3 Å². The van der Waals surface area contributed by atoms with Crippen molar-refractivity contribution in [2.75, 3.05) is 7.11 Å².